The van der Waals surface area contributed by atoms with Crippen molar-refractivity contribution in [2.75, 3.05) is 26.3 Å². The highest BCUT2D eigenvalue weighted by Crippen LogP contribution is 2.40. The number of pyridine rings is 1. The summed E-state index contributed by atoms with van der Waals surface area (Å²) in [5, 5.41) is 5.65. The van der Waals surface area contributed by atoms with Gasteiger partial charge in [-0.3, -0.25) is 4.98 Å². The molecule has 0 saturated carbocycles. The number of carbonyl (C=O) groups excluding carboxylic acids is 1. The van der Waals surface area contributed by atoms with E-state index in [2.05, 4.69) is 36.4 Å². The number of methoxy groups -OCH3 is 2. The maximum atomic E-state index is 12.4. The molecule has 0 aliphatic carbocycles. The average molecular weight is 373 g/mol. The van der Waals surface area contributed by atoms with Crippen LogP contribution in [-0.4, -0.2) is 32.0 Å². The molecule has 0 spiro atoms. The quantitative estimate of drug-likeness (QED) is 0.724. The maximum absolute atomic E-state index is 12.4. The molecule has 0 bridgehead atoms. The first-order valence-corrected chi connectivity index (χ1v) is 8.63. The lowest BCUT2D eigenvalue weighted by atomic mass is 9.85. The van der Waals surface area contributed by atoms with Crippen LogP contribution in [0.3, 0.4) is 0 Å². The summed E-state index contributed by atoms with van der Waals surface area (Å²) in [7, 11) is 3.14. The molecule has 0 atom stereocenters. The van der Waals surface area contributed by atoms with Crippen LogP contribution in [0.25, 0.3) is 0 Å². The SMILES string of the molecule is COCOc1c(NC(=O)NCc2cccnc2)cc(OC)cc1C(C)(C)C. The molecular formula is C20H27N3O4. The Morgan fingerprint density at radius 1 is 1.22 bits per heavy atom. The van der Waals surface area contributed by atoms with E-state index in [0.717, 1.165) is 11.1 Å². The van der Waals surface area contributed by atoms with Crippen molar-refractivity contribution in [1.29, 1.82) is 0 Å². The molecule has 7 heteroatoms. The molecular weight excluding hydrogens is 346 g/mol. The standard InChI is InChI=1S/C20H27N3O4/c1-20(2,3)16-9-15(26-5)10-17(18(16)27-13-25-4)23-19(24)22-12-14-7-6-8-21-11-14/h6-11H,12-13H2,1-5H3,(H2,22,23,24). The number of anilines is 1. The maximum Gasteiger partial charge on any atom is 0.319 e. The van der Waals surface area contributed by atoms with Crippen molar-refractivity contribution in [2.45, 2.75) is 32.7 Å². The molecule has 7 nitrogen and oxygen atoms in total. The Morgan fingerprint density at radius 3 is 2.59 bits per heavy atom. The lowest BCUT2D eigenvalue weighted by Gasteiger charge is -2.25. The molecule has 0 aliphatic heterocycles. The molecule has 1 heterocycles. The number of rotatable bonds is 7. The van der Waals surface area contributed by atoms with E-state index in [0.29, 0.717) is 23.7 Å². The highest BCUT2D eigenvalue weighted by molar-refractivity contribution is 5.91. The highest BCUT2D eigenvalue weighted by Gasteiger charge is 2.24. The van der Waals surface area contributed by atoms with Gasteiger partial charge in [0.25, 0.3) is 0 Å². The van der Waals surface area contributed by atoms with Crippen molar-refractivity contribution in [3.05, 3.63) is 47.8 Å². The fraction of sp³-hybridized carbons (Fsp3) is 0.400. The second-order valence-electron chi connectivity index (χ2n) is 7.02. The first kappa shape index (κ1) is 20.5. The first-order valence-electron chi connectivity index (χ1n) is 8.63. The number of carbonyl (C=O) groups is 1. The molecule has 2 aromatic rings. The van der Waals surface area contributed by atoms with Crippen molar-refractivity contribution < 1.29 is 19.0 Å². The number of benzene rings is 1. The number of nitrogens with one attached hydrogen (secondary N) is 2. The third kappa shape index (κ3) is 5.86. The van der Waals surface area contributed by atoms with Gasteiger partial charge < -0.3 is 24.8 Å². The van der Waals surface area contributed by atoms with Crippen LogP contribution in [0.1, 0.15) is 31.9 Å². The minimum Gasteiger partial charge on any atom is -0.497 e. The molecule has 1 aromatic heterocycles. The third-order valence-corrected chi connectivity index (χ3v) is 3.85. The van der Waals surface area contributed by atoms with E-state index in [9.17, 15) is 4.79 Å². The Labute approximate surface area is 160 Å². The van der Waals surface area contributed by atoms with E-state index < -0.39 is 0 Å². The monoisotopic (exact) mass is 373 g/mol. The van der Waals surface area contributed by atoms with Crippen LogP contribution in [0.2, 0.25) is 0 Å². The van der Waals surface area contributed by atoms with Gasteiger partial charge in [-0.1, -0.05) is 26.8 Å². The second kappa shape index (κ2) is 9.23. The van der Waals surface area contributed by atoms with E-state index in [1.54, 1.807) is 32.7 Å². The summed E-state index contributed by atoms with van der Waals surface area (Å²) in [6, 6.07) is 7.00. The Bertz CT molecular complexity index is 758. The molecule has 0 unspecified atom stereocenters. The fourth-order valence-electron chi connectivity index (χ4n) is 2.50. The van der Waals surface area contributed by atoms with Crippen LogP contribution >= 0.6 is 0 Å². The van der Waals surface area contributed by atoms with Gasteiger partial charge in [-0.2, -0.15) is 0 Å². The van der Waals surface area contributed by atoms with E-state index >= 15 is 0 Å². The smallest absolute Gasteiger partial charge is 0.319 e. The summed E-state index contributed by atoms with van der Waals surface area (Å²) in [6.07, 6.45) is 3.39. The molecule has 146 valence electrons. The first-order chi connectivity index (χ1) is 12.8. The summed E-state index contributed by atoms with van der Waals surface area (Å²) in [6.45, 7) is 6.63. The van der Waals surface area contributed by atoms with Crippen molar-refractivity contribution in [3.63, 3.8) is 0 Å². The number of amides is 2. The molecule has 0 aliphatic rings. The summed E-state index contributed by atoms with van der Waals surface area (Å²) >= 11 is 0. The van der Waals surface area contributed by atoms with E-state index in [4.69, 9.17) is 14.2 Å². The van der Waals surface area contributed by atoms with Crippen LogP contribution in [0.5, 0.6) is 11.5 Å². The van der Waals surface area contributed by atoms with Crippen molar-refractivity contribution >= 4 is 11.7 Å². The van der Waals surface area contributed by atoms with Crippen LogP contribution in [0, 0.1) is 0 Å². The van der Waals surface area contributed by atoms with Gasteiger partial charge in [0.05, 0.1) is 12.8 Å². The van der Waals surface area contributed by atoms with E-state index in [1.807, 2.05) is 18.2 Å². The average Bonchev–Trinajstić information content (AvgIpc) is 2.65. The van der Waals surface area contributed by atoms with Crippen molar-refractivity contribution in [3.8, 4) is 11.5 Å². The number of hydrogen-bond donors (Lipinski definition) is 2. The highest BCUT2D eigenvalue weighted by atomic mass is 16.7. The Kier molecular flexibility index (Phi) is 7.01. The normalized spacial score (nSPS) is 11.0. The van der Waals surface area contributed by atoms with Crippen molar-refractivity contribution in [2.24, 2.45) is 0 Å². The number of nitrogens with zero attached hydrogens (tertiary/aromatic N) is 1. The van der Waals surface area contributed by atoms with E-state index in [1.165, 1.54) is 0 Å². The van der Waals surface area contributed by atoms with Gasteiger partial charge in [-0.15, -0.1) is 0 Å². The summed E-state index contributed by atoms with van der Waals surface area (Å²) < 4.78 is 16.2. The number of hydrogen-bond acceptors (Lipinski definition) is 5. The van der Waals surface area contributed by atoms with Gasteiger partial charge in [0.15, 0.2) is 6.79 Å². The van der Waals surface area contributed by atoms with Gasteiger partial charge in [-0.25, -0.2) is 4.79 Å². The summed E-state index contributed by atoms with van der Waals surface area (Å²) in [4.78, 5) is 16.4. The number of urea groups is 1. The van der Waals surface area contributed by atoms with Gasteiger partial charge in [-0.05, 0) is 23.1 Å². The largest absolute Gasteiger partial charge is 0.497 e. The minimum absolute atomic E-state index is 0.0708. The molecule has 0 saturated heterocycles. The number of aromatic nitrogens is 1. The zero-order chi connectivity index (χ0) is 19.9. The van der Waals surface area contributed by atoms with Gasteiger partial charge in [0.1, 0.15) is 11.5 Å². The number of ether oxygens (including phenoxy) is 3. The Hall–Kier alpha value is -2.80. The van der Waals surface area contributed by atoms with Gasteiger partial charge in [0, 0.05) is 37.7 Å². The molecule has 0 fully saturated rings. The topological polar surface area (TPSA) is 81.7 Å². The molecule has 2 N–H and O–H groups in total. The Balaban J connectivity index is 2.25. The van der Waals surface area contributed by atoms with Gasteiger partial charge in [0.2, 0.25) is 0 Å². The summed E-state index contributed by atoms with van der Waals surface area (Å²) in [5.41, 5.74) is 2.10. The minimum atomic E-state index is -0.353. The molecule has 0 radical (unpaired) electrons. The lowest BCUT2D eigenvalue weighted by molar-refractivity contribution is 0.0503. The van der Waals surface area contributed by atoms with Crippen LogP contribution < -0.4 is 20.1 Å². The molecule has 2 amide bonds. The fourth-order valence-corrected chi connectivity index (χ4v) is 2.50. The summed E-state index contributed by atoms with van der Waals surface area (Å²) in [5.74, 6) is 1.19. The predicted octanol–water partition coefficient (Wildman–Crippen LogP) is 3.69. The Morgan fingerprint density at radius 2 is 2.00 bits per heavy atom. The second-order valence-corrected chi connectivity index (χ2v) is 7.02. The zero-order valence-electron chi connectivity index (χ0n) is 16.5. The zero-order valence-corrected chi connectivity index (χ0v) is 16.5. The van der Waals surface area contributed by atoms with E-state index in [-0.39, 0.29) is 18.2 Å². The van der Waals surface area contributed by atoms with Crippen LogP contribution in [-0.2, 0) is 16.7 Å². The van der Waals surface area contributed by atoms with Crippen LogP contribution in [0.4, 0.5) is 10.5 Å². The predicted molar refractivity (Wildman–Crippen MR) is 104 cm³/mol. The van der Waals surface area contributed by atoms with Crippen LogP contribution in [0.15, 0.2) is 36.7 Å². The third-order valence-electron chi connectivity index (χ3n) is 3.85. The molecule has 2 rings (SSSR count). The molecule has 1 aromatic carbocycles. The lowest BCUT2D eigenvalue weighted by Crippen LogP contribution is -2.29. The van der Waals surface area contributed by atoms with Gasteiger partial charge >= 0.3 is 6.03 Å². The molecule has 27 heavy (non-hydrogen) atoms. The van der Waals surface area contributed by atoms with Crippen molar-refractivity contribution in [1.82, 2.24) is 10.3 Å².